The van der Waals surface area contributed by atoms with Crippen LogP contribution in [0.15, 0.2) is 0 Å². The normalized spacial score (nSPS) is 27.9. The Bertz CT molecular complexity index is 184. The largest absolute Gasteiger partial charge is 0.378 e. The van der Waals surface area contributed by atoms with Gasteiger partial charge in [0.15, 0.2) is 0 Å². The molecule has 2 rings (SSSR count). The summed E-state index contributed by atoms with van der Waals surface area (Å²) in [5.41, 5.74) is 6.28. The molecule has 3 nitrogen and oxygen atoms in total. The predicted molar refractivity (Wildman–Crippen MR) is 57.2 cm³/mol. The number of rotatable bonds is 4. The molecule has 1 saturated carbocycles. The Morgan fingerprint density at radius 2 is 2.00 bits per heavy atom. The van der Waals surface area contributed by atoms with E-state index in [1.807, 2.05) is 0 Å². The zero-order valence-corrected chi connectivity index (χ0v) is 9.17. The molecule has 82 valence electrons. The Kier molecular flexibility index (Phi) is 3.10. The zero-order valence-electron chi connectivity index (χ0n) is 9.17. The van der Waals surface area contributed by atoms with Crippen LogP contribution in [0.4, 0.5) is 0 Å². The van der Waals surface area contributed by atoms with Crippen LogP contribution in [0.25, 0.3) is 0 Å². The lowest BCUT2D eigenvalue weighted by atomic mass is 10.1. The van der Waals surface area contributed by atoms with Crippen molar-refractivity contribution in [2.75, 3.05) is 26.2 Å². The predicted octanol–water partition coefficient (Wildman–Crippen LogP) is 0.979. The molecule has 0 radical (unpaired) electrons. The Labute approximate surface area is 86.6 Å². The lowest BCUT2D eigenvalue weighted by Gasteiger charge is -2.33. The number of piperidine rings is 1. The van der Waals surface area contributed by atoms with Gasteiger partial charge in [0, 0.05) is 31.8 Å². The van der Waals surface area contributed by atoms with Crippen molar-refractivity contribution in [1.82, 2.24) is 4.90 Å². The maximum Gasteiger partial charge on any atom is 0.0599 e. The summed E-state index contributed by atoms with van der Waals surface area (Å²) in [6, 6.07) is 0. The molecule has 0 atom stereocenters. The van der Waals surface area contributed by atoms with Crippen LogP contribution in [0, 0.1) is 0 Å². The van der Waals surface area contributed by atoms with Crippen LogP contribution in [0.2, 0.25) is 0 Å². The Hall–Kier alpha value is -0.120. The fourth-order valence-electron chi connectivity index (χ4n) is 2.23. The minimum Gasteiger partial charge on any atom is -0.378 e. The molecule has 0 spiro atoms. The van der Waals surface area contributed by atoms with E-state index >= 15 is 0 Å². The third-order valence-electron chi connectivity index (χ3n) is 3.37. The number of ether oxygens (including phenoxy) is 1. The van der Waals surface area contributed by atoms with E-state index in [1.165, 1.54) is 38.8 Å². The molecule has 14 heavy (non-hydrogen) atoms. The van der Waals surface area contributed by atoms with Gasteiger partial charge in [0.1, 0.15) is 0 Å². The van der Waals surface area contributed by atoms with E-state index in [9.17, 15) is 0 Å². The van der Waals surface area contributed by atoms with Crippen molar-refractivity contribution in [1.29, 1.82) is 0 Å². The molecule has 1 saturated heterocycles. The second-order valence-electron chi connectivity index (χ2n) is 4.79. The third-order valence-corrected chi connectivity index (χ3v) is 3.37. The summed E-state index contributed by atoms with van der Waals surface area (Å²) in [7, 11) is 0. The van der Waals surface area contributed by atoms with Gasteiger partial charge in [-0.15, -0.1) is 0 Å². The van der Waals surface area contributed by atoms with Gasteiger partial charge in [0.2, 0.25) is 0 Å². The maximum atomic E-state index is 6.10. The quantitative estimate of drug-likeness (QED) is 0.732. The monoisotopic (exact) mass is 198 g/mol. The van der Waals surface area contributed by atoms with Gasteiger partial charge in [-0.25, -0.2) is 0 Å². The average molecular weight is 198 g/mol. The van der Waals surface area contributed by atoms with Gasteiger partial charge in [-0.1, -0.05) is 0 Å². The summed E-state index contributed by atoms with van der Waals surface area (Å²) >= 11 is 0. The molecule has 0 amide bonds. The van der Waals surface area contributed by atoms with E-state index in [0.29, 0.717) is 6.10 Å². The minimum atomic E-state index is 0.179. The molecular weight excluding hydrogens is 176 g/mol. The fourth-order valence-corrected chi connectivity index (χ4v) is 2.23. The first-order valence-corrected chi connectivity index (χ1v) is 5.85. The molecule has 0 aromatic carbocycles. The number of hydrogen-bond donors (Lipinski definition) is 1. The van der Waals surface area contributed by atoms with Crippen molar-refractivity contribution >= 4 is 0 Å². The molecule has 2 fully saturated rings. The summed E-state index contributed by atoms with van der Waals surface area (Å²) in [5, 5.41) is 0. The van der Waals surface area contributed by atoms with E-state index in [0.717, 1.165) is 13.2 Å². The molecule has 0 aromatic rings. The van der Waals surface area contributed by atoms with Crippen molar-refractivity contribution in [3.63, 3.8) is 0 Å². The van der Waals surface area contributed by atoms with Crippen molar-refractivity contribution in [3.05, 3.63) is 0 Å². The molecule has 0 aromatic heterocycles. The van der Waals surface area contributed by atoms with E-state index in [4.69, 9.17) is 10.5 Å². The van der Waals surface area contributed by atoms with Crippen LogP contribution in [-0.2, 0) is 4.74 Å². The number of nitrogens with two attached hydrogens (primary N) is 1. The smallest absolute Gasteiger partial charge is 0.0599 e. The zero-order chi connectivity index (χ0) is 10.0. The third kappa shape index (κ3) is 2.69. The molecule has 2 aliphatic rings. The summed E-state index contributed by atoms with van der Waals surface area (Å²) in [5.74, 6) is 0. The second kappa shape index (κ2) is 4.17. The van der Waals surface area contributed by atoms with E-state index in [-0.39, 0.29) is 5.54 Å². The SMILES string of the molecule is CCOC1CCN(CC2(N)CC2)CC1. The van der Waals surface area contributed by atoms with Gasteiger partial charge >= 0.3 is 0 Å². The van der Waals surface area contributed by atoms with Crippen LogP contribution in [-0.4, -0.2) is 42.8 Å². The second-order valence-corrected chi connectivity index (χ2v) is 4.79. The lowest BCUT2D eigenvalue weighted by molar-refractivity contribution is 0.0126. The molecule has 0 bridgehead atoms. The summed E-state index contributed by atoms with van der Waals surface area (Å²) in [6.07, 6.45) is 5.31. The van der Waals surface area contributed by atoms with Crippen molar-refractivity contribution in [2.45, 2.75) is 44.2 Å². The van der Waals surface area contributed by atoms with Crippen molar-refractivity contribution < 1.29 is 4.74 Å². The van der Waals surface area contributed by atoms with Crippen LogP contribution < -0.4 is 5.73 Å². The van der Waals surface area contributed by atoms with Crippen molar-refractivity contribution in [3.8, 4) is 0 Å². The number of likely N-dealkylation sites (tertiary alicyclic amines) is 1. The highest BCUT2D eigenvalue weighted by molar-refractivity contribution is 5.01. The highest BCUT2D eigenvalue weighted by Gasteiger charge is 2.40. The first-order valence-electron chi connectivity index (χ1n) is 5.85. The number of nitrogens with zero attached hydrogens (tertiary/aromatic N) is 1. The standard InChI is InChI=1S/C11H22N2O/c1-2-14-10-3-7-13(8-4-10)9-11(12)5-6-11/h10H,2-9,12H2,1H3. The molecule has 0 unspecified atom stereocenters. The highest BCUT2D eigenvalue weighted by Crippen LogP contribution is 2.33. The maximum absolute atomic E-state index is 6.10. The van der Waals surface area contributed by atoms with E-state index in [1.54, 1.807) is 0 Å². The van der Waals surface area contributed by atoms with Gasteiger partial charge in [0.05, 0.1) is 6.10 Å². The Morgan fingerprint density at radius 3 is 2.50 bits per heavy atom. The van der Waals surface area contributed by atoms with Gasteiger partial charge in [-0.2, -0.15) is 0 Å². The fraction of sp³-hybridized carbons (Fsp3) is 1.00. The molecule has 1 heterocycles. The topological polar surface area (TPSA) is 38.5 Å². The number of hydrogen-bond acceptors (Lipinski definition) is 3. The lowest BCUT2D eigenvalue weighted by Crippen LogP contribution is -2.44. The first-order chi connectivity index (χ1) is 6.72. The summed E-state index contributed by atoms with van der Waals surface area (Å²) in [6.45, 7) is 6.37. The Morgan fingerprint density at radius 1 is 1.36 bits per heavy atom. The molecular formula is C11H22N2O. The van der Waals surface area contributed by atoms with Gasteiger partial charge in [0.25, 0.3) is 0 Å². The summed E-state index contributed by atoms with van der Waals surface area (Å²) < 4.78 is 5.62. The molecule has 1 aliphatic heterocycles. The van der Waals surface area contributed by atoms with Crippen molar-refractivity contribution in [2.24, 2.45) is 5.73 Å². The van der Waals surface area contributed by atoms with Crippen LogP contribution >= 0.6 is 0 Å². The van der Waals surface area contributed by atoms with E-state index < -0.39 is 0 Å². The highest BCUT2D eigenvalue weighted by atomic mass is 16.5. The van der Waals surface area contributed by atoms with Gasteiger partial charge in [-0.05, 0) is 32.6 Å². The molecule has 1 aliphatic carbocycles. The van der Waals surface area contributed by atoms with Crippen LogP contribution in [0.3, 0.4) is 0 Å². The van der Waals surface area contributed by atoms with Gasteiger partial charge in [-0.3, -0.25) is 0 Å². The van der Waals surface area contributed by atoms with Gasteiger partial charge < -0.3 is 15.4 Å². The molecule has 2 N–H and O–H groups in total. The first kappa shape index (κ1) is 10.4. The Balaban J connectivity index is 1.68. The minimum absolute atomic E-state index is 0.179. The average Bonchev–Trinajstić information content (AvgIpc) is 2.88. The van der Waals surface area contributed by atoms with E-state index in [2.05, 4.69) is 11.8 Å². The summed E-state index contributed by atoms with van der Waals surface area (Å²) in [4.78, 5) is 2.50. The van der Waals surface area contributed by atoms with Crippen LogP contribution in [0.1, 0.15) is 32.6 Å². The van der Waals surface area contributed by atoms with Crippen LogP contribution in [0.5, 0.6) is 0 Å². The molecule has 3 heteroatoms.